The van der Waals surface area contributed by atoms with E-state index >= 15 is 0 Å². The molecule has 0 radical (unpaired) electrons. The van der Waals surface area contributed by atoms with Gasteiger partial charge in [0, 0.05) is 19.3 Å². The summed E-state index contributed by atoms with van der Waals surface area (Å²) in [6.45, 7) is 5.73. The van der Waals surface area contributed by atoms with Gasteiger partial charge in [-0.1, -0.05) is 201 Å². The van der Waals surface area contributed by atoms with Crippen molar-refractivity contribution in [1.29, 1.82) is 0 Å². The van der Waals surface area contributed by atoms with Gasteiger partial charge in [0.2, 0.25) is 0 Å². The van der Waals surface area contributed by atoms with Gasteiger partial charge in [-0.15, -0.1) is 0 Å². The van der Waals surface area contributed by atoms with E-state index in [-0.39, 0.29) is 25.9 Å². The summed E-state index contributed by atoms with van der Waals surface area (Å²) in [6, 6.07) is 0. The lowest BCUT2D eigenvalue weighted by molar-refractivity contribution is -0.301. The number of hydrogen-bond acceptors (Lipinski definition) is 11. The van der Waals surface area contributed by atoms with Crippen LogP contribution in [-0.4, -0.2) is 89.2 Å². The van der Waals surface area contributed by atoms with Crippen molar-refractivity contribution < 1.29 is 58.2 Å². The van der Waals surface area contributed by atoms with Gasteiger partial charge in [0.15, 0.2) is 24.6 Å². The van der Waals surface area contributed by atoms with Crippen molar-refractivity contribution in [1.82, 2.24) is 0 Å². The van der Waals surface area contributed by atoms with E-state index < -0.39 is 67.3 Å². The number of carbonyl (C=O) groups is 4. The molecule has 0 amide bonds. The molecule has 0 spiro atoms. The quantitative estimate of drug-likeness (QED) is 0.0228. The molecule has 1 heterocycles. The number of aliphatic hydroxyl groups excluding tert-OH is 2. The number of aliphatic hydroxyl groups is 2. The fraction of sp³-hybridized carbons (Fsp3) is 0.672. The molecule has 0 aromatic rings. The van der Waals surface area contributed by atoms with Crippen LogP contribution in [-0.2, 0) is 42.9 Å². The van der Waals surface area contributed by atoms with Crippen LogP contribution in [0.15, 0.2) is 97.2 Å². The van der Waals surface area contributed by atoms with E-state index in [0.29, 0.717) is 19.3 Å². The van der Waals surface area contributed by atoms with Gasteiger partial charge in [-0.05, 0) is 89.9 Å². The van der Waals surface area contributed by atoms with Gasteiger partial charge in [-0.3, -0.25) is 14.4 Å². The molecule has 414 valence electrons. The van der Waals surface area contributed by atoms with E-state index in [4.69, 9.17) is 23.7 Å². The summed E-state index contributed by atoms with van der Waals surface area (Å²) in [4.78, 5) is 50.9. The molecule has 0 aromatic carbocycles. The minimum Gasteiger partial charge on any atom is -0.479 e. The summed E-state index contributed by atoms with van der Waals surface area (Å²) in [7, 11) is 0. The molecule has 0 saturated carbocycles. The molecule has 6 unspecified atom stereocenters. The molecular weight excluding hydrogens is 925 g/mol. The van der Waals surface area contributed by atoms with Crippen LogP contribution in [0, 0.1) is 0 Å². The maximum atomic E-state index is 13.0. The number of carbonyl (C=O) groups excluding carboxylic acids is 3. The van der Waals surface area contributed by atoms with Gasteiger partial charge in [0.05, 0.1) is 6.61 Å². The standard InChI is InChI=1S/C61H98O12/c1-4-7-10-13-16-19-21-23-25-26-27-28-30-31-33-36-38-41-44-47-53(62)69-50-52(71-54(63)48-45-42-39-35-18-15-12-9-6-3)51-70-61-59(57(66)56(65)58(73-61)60(67)68)72-55(64)49-46-43-40-37-34-32-29-24-22-20-17-14-11-8-5-2/h7,10,16-17,19-20,23-25,27-29,31,33,38,41,52,56-59,61,65-66H,4-6,8-9,11-15,18,21-22,26,30,32,34-37,39-40,42-51H2,1-3H3,(H,67,68)/b10-7-,19-16-,20-17-,25-23-,28-27-,29-24-,33-31-,41-38-. The van der Waals surface area contributed by atoms with Crippen LogP contribution in [0.3, 0.4) is 0 Å². The zero-order chi connectivity index (χ0) is 53.3. The normalized spacial score (nSPS) is 19.1. The summed E-state index contributed by atoms with van der Waals surface area (Å²) >= 11 is 0. The second kappa shape index (κ2) is 48.6. The van der Waals surface area contributed by atoms with E-state index in [1.165, 1.54) is 51.4 Å². The molecule has 1 rings (SSSR count). The molecule has 0 bridgehead atoms. The maximum Gasteiger partial charge on any atom is 0.335 e. The van der Waals surface area contributed by atoms with Gasteiger partial charge in [0.25, 0.3) is 0 Å². The van der Waals surface area contributed by atoms with Crippen LogP contribution in [0.5, 0.6) is 0 Å². The van der Waals surface area contributed by atoms with Crippen LogP contribution >= 0.6 is 0 Å². The predicted molar refractivity (Wildman–Crippen MR) is 294 cm³/mol. The van der Waals surface area contributed by atoms with E-state index in [1.54, 1.807) is 0 Å². The van der Waals surface area contributed by atoms with Gasteiger partial charge in [0.1, 0.15) is 18.8 Å². The maximum absolute atomic E-state index is 13.0. The highest BCUT2D eigenvalue weighted by Crippen LogP contribution is 2.26. The van der Waals surface area contributed by atoms with E-state index in [9.17, 15) is 34.5 Å². The van der Waals surface area contributed by atoms with Crippen molar-refractivity contribution >= 4 is 23.9 Å². The number of carboxylic acid groups (broad SMARTS) is 1. The first-order chi connectivity index (χ1) is 35.6. The number of unbranched alkanes of at least 4 members (excludes halogenated alkanes) is 16. The Labute approximate surface area is 441 Å². The van der Waals surface area contributed by atoms with Crippen molar-refractivity contribution in [2.45, 2.75) is 250 Å². The smallest absolute Gasteiger partial charge is 0.335 e. The SMILES string of the molecule is CC/C=C\C/C=C\C/C=C\C/C=C\C/C=C\C/C=C\CCC(=O)OCC(COC1OC(C(=O)O)C(O)C(O)C1OC(=O)CCCCCCC/C=C\C/C=C\CCCCC)OC(=O)CCCCCCCCCCC. The lowest BCUT2D eigenvalue weighted by Gasteiger charge is -2.40. The Bertz CT molecular complexity index is 1640. The number of rotatable bonds is 46. The summed E-state index contributed by atoms with van der Waals surface area (Å²) in [5, 5.41) is 31.4. The third kappa shape index (κ3) is 38.8. The average molecular weight is 1020 g/mol. The zero-order valence-electron chi connectivity index (χ0n) is 45.3. The number of carboxylic acids is 1. The van der Waals surface area contributed by atoms with Crippen molar-refractivity contribution in [2.24, 2.45) is 0 Å². The first kappa shape index (κ1) is 66.7. The van der Waals surface area contributed by atoms with Crippen LogP contribution in [0.2, 0.25) is 0 Å². The molecule has 0 aromatic heterocycles. The minimum absolute atomic E-state index is 0.0342. The summed E-state index contributed by atoms with van der Waals surface area (Å²) in [5.74, 6) is -3.26. The minimum atomic E-state index is -1.92. The van der Waals surface area contributed by atoms with E-state index in [0.717, 1.165) is 103 Å². The van der Waals surface area contributed by atoms with Gasteiger partial charge >= 0.3 is 23.9 Å². The molecule has 73 heavy (non-hydrogen) atoms. The third-order valence-electron chi connectivity index (χ3n) is 12.2. The second-order valence-corrected chi connectivity index (χ2v) is 18.8. The molecule has 0 aliphatic carbocycles. The molecule has 12 nitrogen and oxygen atoms in total. The molecule has 12 heteroatoms. The van der Waals surface area contributed by atoms with Crippen molar-refractivity contribution in [3.8, 4) is 0 Å². The number of ether oxygens (including phenoxy) is 5. The summed E-state index contributed by atoms with van der Waals surface area (Å²) < 4.78 is 28.2. The fourth-order valence-corrected chi connectivity index (χ4v) is 7.83. The Hall–Kier alpha value is -4.36. The second-order valence-electron chi connectivity index (χ2n) is 18.8. The van der Waals surface area contributed by atoms with Crippen molar-refractivity contribution in [3.63, 3.8) is 0 Å². The fourth-order valence-electron chi connectivity index (χ4n) is 7.83. The Morgan fingerprint density at radius 2 is 0.890 bits per heavy atom. The van der Waals surface area contributed by atoms with Gasteiger partial charge in [-0.25, -0.2) is 4.79 Å². The highest BCUT2D eigenvalue weighted by molar-refractivity contribution is 5.74. The van der Waals surface area contributed by atoms with Gasteiger partial charge < -0.3 is 39.0 Å². The largest absolute Gasteiger partial charge is 0.479 e. The number of esters is 3. The Morgan fingerprint density at radius 3 is 1.40 bits per heavy atom. The lowest BCUT2D eigenvalue weighted by Crippen LogP contribution is -2.61. The van der Waals surface area contributed by atoms with Gasteiger partial charge in [-0.2, -0.15) is 0 Å². The highest BCUT2D eigenvalue weighted by Gasteiger charge is 2.50. The number of aliphatic carboxylic acids is 1. The van der Waals surface area contributed by atoms with Crippen LogP contribution in [0.25, 0.3) is 0 Å². The first-order valence-corrected chi connectivity index (χ1v) is 28.2. The zero-order valence-corrected chi connectivity index (χ0v) is 45.3. The Morgan fingerprint density at radius 1 is 0.466 bits per heavy atom. The Kier molecular flexibility index (Phi) is 44.4. The predicted octanol–water partition coefficient (Wildman–Crippen LogP) is 14.1. The van der Waals surface area contributed by atoms with Crippen LogP contribution in [0.1, 0.15) is 213 Å². The molecule has 1 aliphatic heterocycles. The molecule has 3 N–H and O–H groups in total. The summed E-state index contributed by atoms with van der Waals surface area (Å²) in [5.41, 5.74) is 0. The first-order valence-electron chi connectivity index (χ1n) is 28.2. The van der Waals surface area contributed by atoms with Crippen molar-refractivity contribution in [3.05, 3.63) is 97.2 Å². The molecule has 1 fully saturated rings. The monoisotopic (exact) mass is 1020 g/mol. The Balaban J connectivity index is 2.72. The molecule has 1 aliphatic rings. The highest BCUT2D eigenvalue weighted by atomic mass is 16.7. The topological polar surface area (TPSA) is 175 Å². The molecular formula is C61H98O12. The number of allylic oxidation sites excluding steroid dienone is 16. The average Bonchev–Trinajstić information content (AvgIpc) is 3.37. The summed E-state index contributed by atoms with van der Waals surface area (Å²) in [6.07, 6.45) is 51.2. The molecule has 1 saturated heterocycles. The van der Waals surface area contributed by atoms with Crippen LogP contribution in [0.4, 0.5) is 0 Å². The third-order valence-corrected chi connectivity index (χ3v) is 12.2. The molecule has 6 atom stereocenters. The number of hydrogen-bond donors (Lipinski definition) is 3. The van der Waals surface area contributed by atoms with E-state index in [2.05, 4.69) is 106 Å². The van der Waals surface area contributed by atoms with Crippen molar-refractivity contribution in [2.75, 3.05) is 13.2 Å². The van der Waals surface area contributed by atoms with Crippen LogP contribution < -0.4 is 0 Å². The lowest BCUT2D eigenvalue weighted by atomic mass is 9.98. The van der Waals surface area contributed by atoms with E-state index in [1.807, 2.05) is 12.2 Å².